The standard InChI is InChI=1S/C23H15Cl2F2N5O2/c1-31(23(34)20-17(25)3-2-4-18(20)27)22-19(32-11-14(26)10-30-32)8-13(9-29-22)15-7-12(21(28)33)5-6-16(15)24/h2-11H,1H3,(H2,28,33). The van der Waals surface area contributed by atoms with Crippen LogP contribution in [0.15, 0.2) is 61.1 Å². The molecule has 4 aromatic rings. The van der Waals surface area contributed by atoms with Gasteiger partial charge in [-0.25, -0.2) is 18.4 Å². The average molecular weight is 502 g/mol. The number of amides is 2. The number of halogens is 4. The summed E-state index contributed by atoms with van der Waals surface area (Å²) in [6, 6.07) is 9.90. The molecule has 0 unspecified atom stereocenters. The molecular weight excluding hydrogens is 487 g/mol. The number of hydrogen-bond donors (Lipinski definition) is 1. The van der Waals surface area contributed by atoms with E-state index in [0.29, 0.717) is 16.1 Å². The number of nitrogens with zero attached hydrogens (tertiary/aromatic N) is 4. The van der Waals surface area contributed by atoms with E-state index in [1.165, 1.54) is 48.3 Å². The van der Waals surface area contributed by atoms with E-state index >= 15 is 0 Å². The van der Waals surface area contributed by atoms with Crippen LogP contribution in [0.3, 0.4) is 0 Å². The Hall–Kier alpha value is -3.82. The van der Waals surface area contributed by atoms with Gasteiger partial charge in [-0.05, 0) is 36.4 Å². The molecule has 172 valence electrons. The van der Waals surface area contributed by atoms with Crippen molar-refractivity contribution in [2.45, 2.75) is 0 Å². The number of benzene rings is 2. The predicted molar refractivity (Wildman–Crippen MR) is 124 cm³/mol. The normalized spacial score (nSPS) is 10.9. The number of carbonyl (C=O) groups is 2. The highest BCUT2D eigenvalue weighted by molar-refractivity contribution is 6.34. The molecule has 7 nitrogen and oxygen atoms in total. The van der Waals surface area contributed by atoms with Crippen molar-refractivity contribution >= 4 is 40.8 Å². The smallest absolute Gasteiger partial charge is 0.263 e. The zero-order valence-electron chi connectivity index (χ0n) is 17.5. The summed E-state index contributed by atoms with van der Waals surface area (Å²) in [5, 5.41) is 4.19. The number of anilines is 1. The zero-order chi connectivity index (χ0) is 24.6. The molecule has 0 bridgehead atoms. The van der Waals surface area contributed by atoms with Crippen molar-refractivity contribution in [1.29, 1.82) is 0 Å². The minimum atomic E-state index is -0.803. The Kier molecular flexibility index (Phi) is 6.32. The van der Waals surface area contributed by atoms with Crippen molar-refractivity contribution in [3.05, 3.63) is 93.9 Å². The highest BCUT2D eigenvalue weighted by atomic mass is 35.5. The summed E-state index contributed by atoms with van der Waals surface area (Å²) in [6.45, 7) is 0. The molecular formula is C23H15Cl2F2N5O2. The second-order valence-electron chi connectivity index (χ2n) is 7.19. The van der Waals surface area contributed by atoms with Gasteiger partial charge in [0.1, 0.15) is 11.5 Å². The first-order valence-corrected chi connectivity index (χ1v) is 10.5. The quantitative estimate of drug-likeness (QED) is 0.421. The van der Waals surface area contributed by atoms with Crippen LogP contribution in [0.4, 0.5) is 14.6 Å². The van der Waals surface area contributed by atoms with Crippen molar-refractivity contribution in [2.75, 3.05) is 11.9 Å². The largest absolute Gasteiger partial charge is 0.366 e. The lowest BCUT2D eigenvalue weighted by Gasteiger charge is -2.21. The molecule has 0 aliphatic carbocycles. The van der Waals surface area contributed by atoms with Crippen LogP contribution in [-0.4, -0.2) is 33.6 Å². The van der Waals surface area contributed by atoms with E-state index in [4.69, 9.17) is 28.9 Å². The molecule has 0 saturated carbocycles. The van der Waals surface area contributed by atoms with Crippen LogP contribution in [0.2, 0.25) is 10.0 Å². The van der Waals surface area contributed by atoms with Gasteiger partial charge in [0.15, 0.2) is 11.6 Å². The van der Waals surface area contributed by atoms with E-state index in [9.17, 15) is 18.4 Å². The predicted octanol–water partition coefficient (Wildman–Crippen LogP) is 4.89. The molecule has 34 heavy (non-hydrogen) atoms. The first kappa shape index (κ1) is 23.3. The first-order chi connectivity index (χ1) is 16.2. The lowest BCUT2D eigenvalue weighted by molar-refractivity contribution is 0.0984. The SMILES string of the molecule is CN(C(=O)c1c(F)cccc1Cl)c1ncc(-c2cc(C(N)=O)ccc2Cl)cc1-n1cc(F)cn1. The van der Waals surface area contributed by atoms with Crippen molar-refractivity contribution in [3.63, 3.8) is 0 Å². The minimum absolute atomic E-state index is 0.0401. The summed E-state index contributed by atoms with van der Waals surface area (Å²) in [4.78, 5) is 30.1. The van der Waals surface area contributed by atoms with E-state index in [2.05, 4.69) is 10.1 Å². The number of pyridine rings is 1. The summed E-state index contributed by atoms with van der Waals surface area (Å²) in [5.74, 6) is -2.81. The second-order valence-corrected chi connectivity index (χ2v) is 8.00. The van der Waals surface area contributed by atoms with Gasteiger partial charge < -0.3 is 5.73 Å². The Morgan fingerprint density at radius 3 is 2.47 bits per heavy atom. The lowest BCUT2D eigenvalue weighted by Crippen LogP contribution is -2.29. The molecule has 2 aromatic heterocycles. The fraction of sp³-hybridized carbons (Fsp3) is 0.0435. The number of rotatable bonds is 5. The van der Waals surface area contributed by atoms with Crippen molar-refractivity contribution in [2.24, 2.45) is 5.73 Å². The van der Waals surface area contributed by atoms with Crippen LogP contribution in [0, 0.1) is 11.6 Å². The molecule has 0 spiro atoms. The van der Waals surface area contributed by atoms with Gasteiger partial charge >= 0.3 is 0 Å². The number of carbonyl (C=O) groups excluding carboxylic acids is 2. The third-order valence-electron chi connectivity index (χ3n) is 5.01. The van der Waals surface area contributed by atoms with E-state index in [0.717, 1.165) is 23.4 Å². The van der Waals surface area contributed by atoms with Crippen molar-refractivity contribution in [1.82, 2.24) is 14.8 Å². The van der Waals surface area contributed by atoms with Gasteiger partial charge in [0.25, 0.3) is 5.91 Å². The highest BCUT2D eigenvalue weighted by Gasteiger charge is 2.25. The first-order valence-electron chi connectivity index (χ1n) is 9.69. The summed E-state index contributed by atoms with van der Waals surface area (Å²) in [7, 11) is 1.37. The van der Waals surface area contributed by atoms with Crippen LogP contribution in [-0.2, 0) is 0 Å². The third kappa shape index (κ3) is 4.35. The average Bonchev–Trinajstić information content (AvgIpc) is 3.24. The van der Waals surface area contributed by atoms with Crippen LogP contribution in [0.1, 0.15) is 20.7 Å². The fourth-order valence-electron chi connectivity index (χ4n) is 3.32. The highest BCUT2D eigenvalue weighted by Crippen LogP contribution is 2.33. The van der Waals surface area contributed by atoms with E-state index in [-0.39, 0.29) is 27.7 Å². The fourth-order valence-corrected chi connectivity index (χ4v) is 3.79. The maximum atomic E-state index is 14.4. The number of aromatic nitrogens is 3. The molecule has 2 heterocycles. The topological polar surface area (TPSA) is 94.1 Å². The summed E-state index contributed by atoms with van der Waals surface area (Å²) in [5.41, 5.74) is 6.30. The van der Waals surface area contributed by atoms with Crippen LogP contribution >= 0.6 is 23.2 Å². The third-order valence-corrected chi connectivity index (χ3v) is 5.65. The van der Waals surface area contributed by atoms with Gasteiger partial charge in [0, 0.05) is 35.0 Å². The van der Waals surface area contributed by atoms with Gasteiger partial charge in [0.05, 0.1) is 23.0 Å². The zero-order valence-corrected chi connectivity index (χ0v) is 19.0. The van der Waals surface area contributed by atoms with Crippen molar-refractivity contribution < 1.29 is 18.4 Å². The number of nitrogens with two attached hydrogens (primary N) is 1. The Balaban J connectivity index is 1.87. The van der Waals surface area contributed by atoms with Crippen LogP contribution in [0.5, 0.6) is 0 Å². The van der Waals surface area contributed by atoms with Crippen molar-refractivity contribution in [3.8, 4) is 16.8 Å². The van der Waals surface area contributed by atoms with Crippen LogP contribution in [0.25, 0.3) is 16.8 Å². The van der Waals surface area contributed by atoms with E-state index in [1.807, 2.05) is 0 Å². The second kappa shape index (κ2) is 9.20. The van der Waals surface area contributed by atoms with Gasteiger partial charge in [-0.1, -0.05) is 29.3 Å². The van der Waals surface area contributed by atoms with E-state index in [1.54, 1.807) is 6.07 Å². The summed E-state index contributed by atoms with van der Waals surface area (Å²) < 4.78 is 29.3. The number of hydrogen-bond acceptors (Lipinski definition) is 4. The Bertz CT molecular complexity index is 1420. The molecule has 4 rings (SSSR count). The van der Waals surface area contributed by atoms with Crippen LogP contribution < -0.4 is 10.6 Å². The van der Waals surface area contributed by atoms with Gasteiger partial charge in [0.2, 0.25) is 5.91 Å². The molecule has 0 radical (unpaired) electrons. The monoisotopic (exact) mass is 501 g/mol. The lowest BCUT2D eigenvalue weighted by atomic mass is 10.0. The summed E-state index contributed by atoms with van der Waals surface area (Å²) >= 11 is 12.4. The number of primary amides is 1. The van der Waals surface area contributed by atoms with Gasteiger partial charge in [-0.3, -0.25) is 14.5 Å². The maximum absolute atomic E-state index is 14.4. The minimum Gasteiger partial charge on any atom is -0.366 e. The molecule has 0 aliphatic rings. The summed E-state index contributed by atoms with van der Waals surface area (Å²) in [6.07, 6.45) is 3.46. The molecule has 2 amide bonds. The molecule has 0 fully saturated rings. The molecule has 2 aromatic carbocycles. The molecule has 0 saturated heterocycles. The molecule has 2 N–H and O–H groups in total. The molecule has 0 atom stereocenters. The van der Waals surface area contributed by atoms with Gasteiger partial charge in [-0.2, -0.15) is 5.10 Å². The Morgan fingerprint density at radius 2 is 1.82 bits per heavy atom. The Labute approximate surface area is 202 Å². The molecule has 11 heteroatoms. The maximum Gasteiger partial charge on any atom is 0.263 e. The Morgan fingerprint density at radius 1 is 1.06 bits per heavy atom. The van der Waals surface area contributed by atoms with Gasteiger partial charge in [-0.15, -0.1) is 0 Å². The molecule has 0 aliphatic heterocycles. The van der Waals surface area contributed by atoms with E-state index < -0.39 is 23.4 Å².